The lowest BCUT2D eigenvalue weighted by Gasteiger charge is -2.17. The van der Waals surface area contributed by atoms with Crippen molar-refractivity contribution in [1.82, 2.24) is 4.90 Å². The summed E-state index contributed by atoms with van der Waals surface area (Å²) in [7, 11) is 1.72. The van der Waals surface area contributed by atoms with Crippen molar-refractivity contribution in [3.05, 3.63) is 23.8 Å². The van der Waals surface area contributed by atoms with Crippen LogP contribution in [0.1, 0.15) is 30.1 Å². The molecule has 0 saturated carbocycles. The summed E-state index contributed by atoms with van der Waals surface area (Å²) in [5, 5.41) is 9.58. The zero-order valence-electron chi connectivity index (χ0n) is 9.73. The minimum Gasteiger partial charge on any atom is -0.507 e. The Bertz CT molecular complexity index is 377. The number of carbonyl (C=O) groups is 1. The molecule has 4 nitrogen and oxygen atoms in total. The maximum absolute atomic E-state index is 11.9. The molecule has 0 saturated heterocycles. The van der Waals surface area contributed by atoms with Crippen LogP contribution in [0.4, 0.5) is 5.69 Å². The Kier molecular flexibility index (Phi) is 4.17. The van der Waals surface area contributed by atoms with E-state index in [-0.39, 0.29) is 17.2 Å². The van der Waals surface area contributed by atoms with E-state index in [0.717, 1.165) is 12.8 Å². The van der Waals surface area contributed by atoms with E-state index in [2.05, 4.69) is 6.92 Å². The second kappa shape index (κ2) is 5.39. The van der Waals surface area contributed by atoms with Gasteiger partial charge in [-0.2, -0.15) is 0 Å². The first kappa shape index (κ1) is 12.4. The van der Waals surface area contributed by atoms with Crippen LogP contribution in [0, 0.1) is 0 Å². The van der Waals surface area contributed by atoms with Crippen LogP contribution < -0.4 is 5.73 Å². The second-order valence-electron chi connectivity index (χ2n) is 3.86. The van der Waals surface area contributed by atoms with Crippen molar-refractivity contribution in [3.8, 4) is 5.75 Å². The number of hydrogen-bond donors (Lipinski definition) is 2. The molecule has 0 spiro atoms. The first-order valence-electron chi connectivity index (χ1n) is 5.40. The van der Waals surface area contributed by atoms with E-state index >= 15 is 0 Å². The third kappa shape index (κ3) is 2.89. The van der Waals surface area contributed by atoms with Gasteiger partial charge in [-0.25, -0.2) is 0 Å². The number of rotatable bonds is 4. The van der Waals surface area contributed by atoms with Crippen molar-refractivity contribution in [2.45, 2.75) is 19.8 Å². The molecule has 0 bridgehead atoms. The smallest absolute Gasteiger partial charge is 0.257 e. The number of amides is 1. The van der Waals surface area contributed by atoms with Crippen molar-refractivity contribution < 1.29 is 9.90 Å². The van der Waals surface area contributed by atoms with Gasteiger partial charge in [0.1, 0.15) is 5.75 Å². The van der Waals surface area contributed by atoms with Gasteiger partial charge in [-0.1, -0.05) is 13.3 Å². The maximum Gasteiger partial charge on any atom is 0.257 e. The standard InChI is InChI=1S/C12H18N2O2/c1-3-4-7-14(2)12(16)10-8-9(13)5-6-11(10)15/h5-6,8,15H,3-4,7,13H2,1-2H3. The Balaban J connectivity index is 2.83. The molecule has 0 atom stereocenters. The summed E-state index contributed by atoms with van der Waals surface area (Å²) in [5.74, 6) is -0.221. The lowest BCUT2D eigenvalue weighted by atomic mass is 10.1. The van der Waals surface area contributed by atoms with Crippen LogP contribution in [-0.2, 0) is 0 Å². The highest BCUT2D eigenvalue weighted by Crippen LogP contribution is 2.21. The highest BCUT2D eigenvalue weighted by atomic mass is 16.3. The first-order valence-corrected chi connectivity index (χ1v) is 5.40. The predicted octanol–water partition coefficient (Wildman–Crippen LogP) is 1.85. The van der Waals surface area contributed by atoms with Crippen LogP contribution in [0.3, 0.4) is 0 Å². The Labute approximate surface area is 95.7 Å². The third-order valence-corrected chi connectivity index (χ3v) is 2.44. The minimum absolute atomic E-state index is 0.0254. The van der Waals surface area contributed by atoms with Crippen LogP contribution in [-0.4, -0.2) is 29.5 Å². The van der Waals surface area contributed by atoms with E-state index in [4.69, 9.17) is 5.73 Å². The molecule has 1 aromatic carbocycles. The van der Waals surface area contributed by atoms with Gasteiger partial charge in [0, 0.05) is 19.3 Å². The van der Waals surface area contributed by atoms with E-state index < -0.39 is 0 Å². The van der Waals surface area contributed by atoms with Crippen molar-refractivity contribution >= 4 is 11.6 Å². The number of phenolic OH excluding ortho intramolecular Hbond substituents is 1. The molecular weight excluding hydrogens is 204 g/mol. The molecule has 4 heteroatoms. The average Bonchev–Trinajstić information content (AvgIpc) is 2.28. The topological polar surface area (TPSA) is 66.6 Å². The Morgan fingerprint density at radius 3 is 2.81 bits per heavy atom. The normalized spacial score (nSPS) is 10.1. The summed E-state index contributed by atoms with van der Waals surface area (Å²) in [4.78, 5) is 13.5. The van der Waals surface area contributed by atoms with Gasteiger partial charge < -0.3 is 15.7 Å². The number of nitrogens with zero attached hydrogens (tertiary/aromatic N) is 1. The molecule has 88 valence electrons. The van der Waals surface area contributed by atoms with Gasteiger partial charge in [-0.3, -0.25) is 4.79 Å². The van der Waals surface area contributed by atoms with Gasteiger partial charge in [0.25, 0.3) is 5.91 Å². The van der Waals surface area contributed by atoms with Crippen LogP contribution in [0.5, 0.6) is 5.75 Å². The van der Waals surface area contributed by atoms with Crippen molar-refractivity contribution in [3.63, 3.8) is 0 Å². The third-order valence-electron chi connectivity index (χ3n) is 2.44. The zero-order chi connectivity index (χ0) is 12.1. The Hall–Kier alpha value is -1.71. The number of hydrogen-bond acceptors (Lipinski definition) is 3. The van der Waals surface area contributed by atoms with Crippen molar-refractivity contribution in [2.75, 3.05) is 19.3 Å². The fraction of sp³-hybridized carbons (Fsp3) is 0.417. The molecule has 0 unspecified atom stereocenters. The van der Waals surface area contributed by atoms with Gasteiger partial charge in [0.2, 0.25) is 0 Å². The number of unbranched alkanes of at least 4 members (excludes halogenated alkanes) is 1. The average molecular weight is 222 g/mol. The molecule has 0 fully saturated rings. The molecule has 0 radical (unpaired) electrons. The predicted molar refractivity (Wildman–Crippen MR) is 64.4 cm³/mol. The molecule has 1 aromatic rings. The van der Waals surface area contributed by atoms with E-state index in [0.29, 0.717) is 12.2 Å². The quantitative estimate of drug-likeness (QED) is 0.603. The van der Waals surface area contributed by atoms with Gasteiger partial charge in [-0.15, -0.1) is 0 Å². The summed E-state index contributed by atoms with van der Waals surface area (Å²) < 4.78 is 0. The number of nitrogen functional groups attached to an aromatic ring is 1. The molecule has 3 N–H and O–H groups in total. The largest absolute Gasteiger partial charge is 0.507 e. The summed E-state index contributed by atoms with van der Waals surface area (Å²) in [5.41, 5.74) is 6.32. The van der Waals surface area contributed by atoms with E-state index in [1.54, 1.807) is 18.0 Å². The summed E-state index contributed by atoms with van der Waals surface area (Å²) >= 11 is 0. The fourth-order valence-electron chi connectivity index (χ4n) is 1.43. The molecule has 16 heavy (non-hydrogen) atoms. The second-order valence-corrected chi connectivity index (χ2v) is 3.86. The van der Waals surface area contributed by atoms with Gasteiger partial charge >= 0.3 is 0 Å². The SMILES string of the molecule is CCCCN(C)C(=O)c1cc(N)ccc1O. The molecule has 1 amide bonds. The van der Waals surface area contributed by atoms with Gasteiger partial charge in [-0.05, 0) is 24.6 Å². The van der Waals surface area contributed by atoms with E-state index in [1.807, 2.05) is 0 Å². The van der Waals surface area contributed by atoms with Crippen LogP contribution in [0.15, 0.2) is 18.2 Å². The van der Waals surface area contributed by atoms with Crippen LogP contribution >= 0.6 is 0 Å². The van der Waals surface area contributed by atoms with Crippen molar-refractivity contribution in [2.24, 2.45) is 0 Å². The Morgan fingerprint density at radius 2 is 2.19 bits per heavy atom. The maximum atomic E-state index is 11.9. The number of anilines is 1. The van der Waals surface area contributed by atoms with E-state index in [9.17, 15) is 9.90 Å². The molecule has 0 aliphatic rings. The van der Waals surface area contributed by atoms with Crippen LogP contribution in [0.2, 0.25) is 0 Å². The zero-order valence-corrected chi connectivity index (χ0v) is 9.73. The van der Waals surface area contributed by atoms with Gasteiger partial charge in [0.15, 0.2) is 0 Å². The number of phenols is 1. The fourth-order valence-corrected chi connectivity index (χ4v) is 1.43. The highest BCUT2D eigenvalue weighted by Gasteiger charge is 2.15. The molecule has 0 aromatic heterocycles. The molecule has 0 heterocycles. The molecule has 0 aliphatic heterocycles. The molecule has 0 aliphatic carbocycles. The number of nitrogens with two attached hydrogens (primary N) is 1. The monoisotopic (exact) mass is 222 g/mol. The molecule has 1 rings (SSSR count). The van der Waals surface area contributed by atoms with Gasteiger partial charge in [0.05, 0.1) is 5.56 Å². The summed E-state index contributed by atoms with van der Waals surface area (Å²) in [6.07, 6.45) is 1.98. The highest BCUT2D eigenvalue weighted by molar-refractivity contribution is 5.97. The Morgan fingerprint density at radius 1 is 1.50 bits per heavy atom. The number of carbonyl (C=O) groups excluding carboxylic acids is 1. The van der Waals surface area contributed by atoms with Crippen LogP contribution in [0.25, 0.3) is 0 Å². The summed E-state index contributed by atoms with van der Waals surface area (Å²) in [6, 6.07) is 4.51. The van der Waals surface area contributed by atoms with Crippen molar-refractivity contribution in [1.29, 1.82) is 0 Å². The lowest BCUT2D eigenvalue weighted by molar-refractivity contribution is 0.0790. The van der Waals surface area contributed by atoms with E-state index in [1.165, 1.54) is 12.1 Å². The first-order chi connectivity index (χ1) is 7.56. The molecular formula is C12H18N2O2. The lowest BCUT2D eigenvalue weighted by Crippen LogP contribution is -2.27. The number of aromatic hydroxyl groups is 1. The minimum atomic E-state index is -0.196. The number of benzene rings is 1. The summed E-state index contributed by atoms with van der Waals surface area (Å²) in [6.45, 7) is 2.75.